The lowest BCUT2D eigenvalue weighted by Crippen LogP contribution is -2.28. The van der Waals surface area contributed by atoms with E-state index in [1.807, 2.05) is 0 Å². The molecule has 0 saturated heterocycles. The third kappa shape index (κ3) is 25.5. The number of ether oxygens (including phenoxy) is 2. The average Bonchev–Trinajstić information content (AvgIpc) is 2.86. The Kier molecular flexibility index (Phi) is 26.1. The molecule has 0 amide bonds. The number of carbonyl (C=O) groups excluding carboxylic acids is 3. The number of rotatable bonds is 27. The van der Waals surface area contributed by atoms with E-state index in [2.05, 4.69) is 6.92 Å². The quantitative estimate of drug-likeness (QED) is 0.0729. The van der Waals surface area contributed by atoms with E-state index < -0.39 is 6.10 Å². The highest BCUT2D eigenvalue weighted by Crippen LogP contribution is 2.14. The predicted octanol–water partition coefficient (Wildman–Crippen LogP) is 7.23. The van der Waals surface area contributed by atoms with Gasteiger partial charge in [-0.1, -0.05) is 110 Å². The molecule has 0 heterocycles. The molecule has 6 heteroatoms. The zero-order valence-electron chi connectivity index (χ0n) is 22.6. The number of aldehydes is 1. The normalized spacial score (nSPS) is 11.8. The molecular formula is C29H54O6. The first-order chi connectivity index (χ1) is 17.1. The molecule has 0 aromatic heterocycles. The second-order valence-corrected chi connectivity index (χ2v) is 9.80. The smallest absolute Gasteiger partial charge is 0.306 e. The number of esters is 2. The number of carbonyl (C=O) groups is 3. The Hall–Kier alpha value is -1.43. The van der Waals surface area contributed by atoms with Crippen LogP contribution in [0.15, 0.2) is 0 Å². The number of hydrogen-bond acceptors (Lipinski definition) is 6. The van der Waals surface area contributed by atoms with E-state index in [1.54, 1.807) is 0 Å². The minimum Gasteiger partial charge on any atom is -0.462 e. The highest BCUT2D eigenvalue weighted by molar-refractivity contribution is 5.70. The monoisotopic (exact) mass is 498 g/mol. The Labute approximate surface area is 214 Å². The van der Waals surface area contributed by atoms with Gasteiger partial charge in [0, 0.05) is 19.3 Å². The van der Waals surface area contributed by atoms with Crippen LogP contribution in [0.1, 0.15) is 148 Å². The van der Waals surface area contributed by atoms with Crippen molar-refractivity contribution in [3.8, 4) is 0 Å². The first-order valence-corrected chi connectivity index (χ1v) is 14.5. The van der Waals surface area contributed by atoms with Crippen molar-refractivity contribution in [2.75, 3.05) is 13.2 Å². The molecule has 0 bridgehead atoms. The first kappa shape index (κ1) is 33.6. The van der Waals surface area contributed by atoms with Gasteiger partial charge in [0.05, 0.1) is 6.61 Å². The van der Waals surface area contributed by atoms with Crippen LogP contribution in [-0.4, -0.2) is 42.6 Å². The summed E-state index contributed by atoms with van der Waals surface area (Å²) in [6, 6.07) is 0. The zero-order chi connectivity index (χ0) is 25.8. The van der Waals surface area contributed by atoms with E-state index in [1.165, 1.54) is 70.6 Å². The van der Waals surface area contributed by atoms with Gasteiger partial charge in [-0.25, -0.2) is 0 Å². The van der Waals surface area contributed by atoms with Crippen molar-refractivity contribution in [3.05, 3.63) is 0 Å². The van der Waals surface area contributed by atoms with Crippen LogP contribution in [0.4, 0.5) is 0 Å². The summed E-state index contributed by atoms with van der Waals surface area (Å²) in [7, 11) is 0. The largest absolute Gasteiger partial charge is 0.462 e. The summed E-state index contributed by atoms with van der Waals surface area (Å²) in [6.45, 7) is 1.81. The third-order valence-corrected chi connectivity index (χ3v) is 6.37. The van der Waals surface area contributed by atoms with E-state index in [9.17, 15) is 19.5 Å². The van der Waals surface area contributed by atoms with Gasteiger partial charge in [0.1, 0.15) is 12.9 Å². The van der Waals surface area contributed by atoms with Gasteiger partial charge in [-0.3, -0.25) is 9.59 Å². The van der Waals surface area contributed by atoms with Crippen LogP contribution in [-0.2, 0) is 23.9 Å². The fourth-order valence-electron chi connectivity index (χ4n) is 4.12. The van der Waals surface area contributed by atoms with Gasteiger partial charge in [0.15, 0.2) is 6.10 Å². The standard InChI is InChI=1S/C29H54O6/c1-2-3-4-5-6-7-8-9-10-11-12-13-16-19-22-28(32)34-26-27(25-31)35-29(33)23-20-17-14-15-18-21-24-30/h24,27,31H,2-23,25-26H2,1H3. The molecule has 0 aliphatic rings. The molecule has 6 nitrogen and oxygen atoms in total. The van der Waals surface area contributed by atoms with E-state index in [0.29, 0.717) is 12.8 Å². The highest BCUT2D eigenvalue weighted by Gasteiger charge is 2.16. The SMILES string of the molecule is CCCCCCCCCCCCCCCCC(=O)OCC(CO)OC(=O)CCCCCCCC=O. The Morgan fingerprint density at radius 1 is 0.657 bits per heavy atom. The molecular weight excluding hydrogens is 444 g/mol. The first-order valence-electron chi connectivity index (χ1n) is 14.5. The fraction of sp³-hybridized carbons (Fsp3) is 0.897. The van der Waals surface area contributed by atoms with Crippen molar-refractivity contribution in [1.29, 1.82) is 0 Å². The highest BCUT2D eigenvalue weighted by atomic mass is 16.6. The Morgan fingerprint density at radius 2 is 1.09 bits per heavy atom. The van der Waals surface area contributed by atoms with Crippen molar-refractivity contribution < 1.29 is 29.0 Å². The lowest BCUT2D eigenvalue weighted by Gasteiger charge is -2.15. The molecule has 0 rings (SSSR count). The third-order valence-electron chi connectivity index (χ3n) is 6.37. The predicted molar refractivity (Wildman–Crippen MR) is 141 cm³/mol. The van der Waals surface area contributed by atoms with Gasteiger partial charge in [0.2, 0.25) is 0 Å². The van der Waals surface area contributed by atoms with E-state index in [4.69, 9.17) is 9.47 Å². The number of aliphatic hydroxyl groups is 1. The molecule has 0 spiro atoms. The van der Waals surface area contributed by atoms with Crippen molar-refractivity contribution in [3.63, 3.8) is 0 Å². The van der Waals surface area contributed by atoms with E-state index >= 15 is 0 Å². The van der Waals surface area contributed by atoms with E-state index in [-0.39, 0.29) is 31.6 Å². The van der Waals surface area contributed by atoms with E-state index in [0.717, 1.165) is 57.7 Å². The van der Waals surface area contributed by atoms with Gasteiger partial charge >= 0.3 is 11.9 Å². The maximum absolute atomic E-state index is 11.9. The molecule has 1 atom stereocenters. The van der Waals surface area contributed by atoms with Crippen LogP contribution in [0.2, 0.25) is 0 Å². The Bertz CT molecular complexity index is 494. The van der Waals surface area contributed by atoms with Crippen LogP contribution >= 0.6 is 0 Å². The maximum Gasteiger partial charge on any atom is 0.306 e. The van der Waals surface area contributed by atoms with Crippen LogP contribution in [0, 0.1) is 0 Å². The Balaban J connectivity index is 3.54. The summed E-state index contributed by atoms with van der Waals surface area (Å²) in [5, 5.41) is 9.39. The number of aliphatic hydroxyl groups excluding tert-OH is 1. The van der Waals surface area contributed by atoms with Crippen LogP contribution in [0.5, 0.6) is 0 Å². The molecule has 0 saturated carbocycles. The Morgan fingerprint density at radius 3 is 1.54 bits per heavy atom. The van der Waals surface area contributed by atoms with Crippen molar-refractivity contribution in [2.45, 2.75) is 154 Å². The average molecular weight is 499 g/mol. The maximum atomic E-state index is 11.9. The number of unbranched alkanes of at least 4 members (excludes halogenated alkanes) is 18. The fourth-order valence-corrected chi connectivity index (χ4v) is 4.12. The van der Waals surface area contributed by atoms with Crippen LogP contribution in [0.25, 0.3) is 0 Å². The van der Waals surface area contributed by atoms with Gasteiger partial charge < -0.3 is 19.4 Å². The van der Waals surface area contributed by atoms with Crippen LogP contribution in [0.3, 0.4) is 0 Å². The molecule has 0 aliphatic heterocycles. The van der Waals surface area contributed by atoms with Crippen LogP contribution < -0.4 is 0 Å². The molecule has 206 valence electrons. The summed E-state index contributed by atoms with van der Waals surface area (Å²) in [4.78, 5) is 34.1. The summed E-state index contributed by atoms with van der Waals surface area (Å²) in [6.07, 6.45) is 23.7. The topological polar surface area (TPSA) is 89.9 Å². The lowest BCUT2D eigenvalue weighted by molar-refractivity contribution is -0.161. The van der Waals surface area contributed by atoms with Gasteiger partial charge in [-0.2, -0.15) is 0 Å². The molecule has 35 heavy (non-hydrogen) atoms. The van der Waals surface area contributed by atoms with Crippen molar-refractivity contribution >= 4 is 18.2 Å². The van der Waals surface area contributed by atoms with Crippen molar-refractivity contribution in [2.24, 2.45) is 0 Å². The second-order valence-electron chi connectivity index (χ2n) is 9.80. The summed E-state index contributed by atoms with van der Waals surface area (Å²) >= 11 is 0. The minimum absolute atomic E-state index is 0.0919. The summed E-state index contributed by atoms with van der Waals surface area (Å²) < 4.78 is 10.4. The summed E-state index contributed by atoms with van der Waals surface area (Å²) in [5.41, 5.74) is 0. The number of hydrogen-bond donors (Lipinski definition) is 1. The molecule has 0 aromatic rings. The minimum atomic E-state index is -0.796. The molecule has 0 aliphatic carbocycles. The van der Waals surface area contributed by atoms with Gasteiger partial charge in [0.25, 0.3) is 0 Å². The molecule has 0 fully saturated rings. The second kappa shape index (κ2) is 27.2. The molecule has 1 unspecified atom stereocenters. The van der Waals surface area contributed by atoms with Crippen molar-refractivity contribution in [1.82, 2.24) is 0 Å². The van der Waals surface area contributed by atoms with Gasteiger partial charge in [-0.05, 0) is 19.3 Å². The summed E-state index contributed by atoms with van der Waals surface area (Å²) in [5.74, 6) is -0.672. The van der Waals surface area contributed by atoms with Gasteiger partial charge in [-0.15, -0.1) is 0 Å². The molecule has 1 N–H and O–H groups in total. The molecule has 0 aromatic carbocycles. The molecule has 0 radical (unpaired) electrons. The zero-order valence-corrected chi connectivity index (χ0v) is 22.6. The lowest BCUT2D eigenvalue weighted by atomic mass is 10.0.